The standard InChI is InChI=1S/C21H25N3O4/c1-5-6-7-16-14-11-15(18(25)12-17(14)23-22-16)21(26)24(2)13-8-9-19(27-3)20(10-13)28-4/h8-12,25H,5-7H2,1-4H3,(H,22,23). The molecule has 1 aromatic heterocycles. The van der Waals surface area contributed by atoms with Crippen molar-refractivity contribution < 1.29 is 19.4 Å². The van der Waals surface area contributed by atoms with Crippen molar-refractivity contribution in [3.05, 3.63) is 41.6 Å². The van der Waals surface area contributed by atoms with Crippen molar-refractivity contribution in [1.29, 1.82) is 0 Å². The number of rotatable bonds is 7. The van der Waals surface area contributed by atoms with Crippen LogP contribution in [0.2, 0.25) is 0 Å². The van der Waals surface area contributed by atoms with Gasteiger partial charge in [-0.25, -0.2) is 0 Å². The fourth-order valence-electron chi connectivity index (χ4n) is 3.15. The molecule has 0 saturated heterocycles. The van der Waals surface area contributed by atoms with Crippen LogP contribution in [0, 0.1) is 0 Å². The fourth-order valence-corrected chi connectivity index (χ4v) is 3.15. The molecule has 0 unspecified atom stereocenters. The molecule has 1 heterocycles. The van der Waals surface area contributed by atoms with Crippen molar-refractivity contribution in [2.45, 2.75) is 26.2 Å². The Kier molecular flexibility index (Phi) is 5.73. The molecule has 0 bridgehead atoms. The number of nitrogens with one attached hydrogen (secondary N) is 1. The molecule has 0 radical (unpaired) electrons. The Labute approximate surface area is 163 Å². The Morgan fingerprint density at radius 3 is 2.61 bits per heavy atom. The molecule has 2 aromatic carbocycles. The molecular weight excluding hydrogens is 358 g/mol. The molecule has 7 nitrogen and oxygen atoms in total. The van der Waals surface area contributed by atoms with E-state index in [9.17, 15) is 9.90 Å². The molecule has 0 aliphatic carbocycles. The predicted octanol–water partition coefficient (Wildman–Crippen LogP) is 3.90. The van der Waals surface area contributed by atoms with Crippen LogP contribution in [0.3, 0.4) is 0 Å². The first-order valence-electron chi connectivity index (χ1n) is 9.20. The highest BCUT2D eigenvalue weighted by molar-refractivity contribution is 6.09. The molecular formula is C21H25N3O4. The molecule has 0 atom stereocenters. The van der Waals surface area contributed by atoms with E-state index in [0.717, 1.165) is 30.3 Å². The quantitative estimate of drug-likeness (QED) is 0.646. The number of carbonyl (C=O) groups is 1. The summed E-state index contributed by atoms with van der Waals surface area (Å²) in [6, 6.07) is 8.45. The summed E-state index contributed by atoms with van der Waals surface area (Å²) >= 11 is 0. The summed E-state index contributed by atoms with van der Waals surface area (Å²) in [6.07, 6.45) is 2.93. The minimum atomic E-state index is -0.325. The molecule has 28 heavy (non-hydrogen) atoms. The van der Waals surface area contributed by atoms with Crippen LogP contribution in [0.15, 0.2) is 30.3 Å². The number of fused-ring (bicyclic) bond motifs is 1. The molecule has 2 N–H and O–H groups in total. The largest absolute Gasteiger partial charge is 0.507 e. The second-order valence-corrected chi connectivity index (χ2v) is 6.60. The number of hydrogen-bond acceptors (Lipinski definition) is 5. The smallest absolute Gasteiger partial charge is 0.261 e. The average molecular weight is 383 g/mol. The van der Waals surface area contributed by atoms with Gasteiger partial charge in [0.1, 0.15) is 5.75 Å². The van der Waals surface area contributed by atoms with Crippen LogP contribution in [-0.4, -0.2) is 42.5 Å². The number of H-pyrrole nitrogens is 1. The third kappa shape index (κ3) is 3.60. The Balaban J connectivity index is 1.96. The lowest BCUT2D eigenvalue weighted by molar-refractivity contribution is 0.0990. The van der Waals surface area contributed by atoms with Gasteiger partial charge in [0, 0.05) is 35.9 Å². The molecule has 3 rings (SSSR count). The number of nitrogens with zero attached hydrogens (tertiary/aromatic N) is 2. The maximum absolute atomic E-state index is 13.1. The molecule has 0 aliphatic rings. The van der Waals surface area contributed by atoms with Crippen LogP contribution in [0.4, 0.5) is 5.69 Å². The van der Waals surface area contributed by atoms with Crippen LogP contribution in [0.5, 0.6) is 17.2 Å². The lowest BCUT2D eigenvalue weighted by Crippen LogP contribution is -2.26. The second-order valence-electron chi connectivity index (χ2n) is 6.60. The van der Waals surface area contributed by atoms with Crippen LogP contribution in [-0.2, 0) is 6.42 Å². The van der Waals surface area contributed by atoms with E-state index in [0.29, 0.717) is 22.7 Å². The number of unbranched alkanes of at least 4 members (excludes halogenated alkanes) is 1. The Bertz CT molecular complexity index is 997. The number of aromatic hydroxyl groups is 1. The molecule has 7 heteroatoms. The van der Waals surface area contributed by atoms with Gasteiger partial charge in [-0.1, -0.05) is 13.3 Å². The summed E-state index contributed by atoms with van der Waals surface area (Å²) in [5.74, 6) is 0.680. The van der Waals surface area contributed by atoms with Gasteiger partial charge >= 0.3 is 0 Å². The van der Waals surface area contributed by atoms with E-state index in [1.807, 2.05) is 0 Å². The number of ether oxygens (including phenoxy) is 2. The highest BCUT2D eigenvalue weighted by Crippen LogP contribution is 2.33. The molecule has 0 aliphatic heterocycles. The van der Waals surface area contributed by atoms with E-state index in [2.05, 4.69) is 17.1 Å². The normalized spacial score (nSPS) is 10.9. The van der Waals surface area contributed by atoms with Crippen molar-refractivity contribution in [2.24, 2.45) is 0 Å². The summed E-state index contributed by atoms with van der Waals surface area (Å²) in [4.78, 5) is 14.5. The summed E-state index contributed by atoms with van der Waals surface area (Å²) in [6.45, 7) is 2.12. The zero-order valence-electron chi connectivity index (χ0n) is 16.6. The summed E-state index contributed by atoms with van der Waals surface area (Å²) in [7, 11) is 4.75. The first-order chi connectivity index (χ1) is 13.5. The van der Waals surface area contributed by atoms with Gasteiger partial charge in [0.15, 0.2) is 11.5 Å². The maximum Gasteiger partial charge on any atom is 0.261 e. The molecule has 148 valence electrons. The number of hydrogen-bond donors (Lipinski definition) is 2. The Morgan fingerprint density at radius 2 is 1.93 bits per heavy atom. The third-order valence-corrected chi connectivity index (χ3v) is 4.82. The number of benzene rings is 2. The van der Waals surface area contributed by atoms with Crippen molar-refractivity contribution in [3.8, 4) is 17.2 Å². The second kappa shape index (κ2) is 8.21. The molecule has 1 amide bonds. The number of aromatic nitrogens is 2. The van der Waals surface area contributed by atoms with E-state index in [1.165, 1.54) is 11.0 Å². The van der Waals surface area contributed by atoms with E-state index in [-0.39, 0.29) is 17.2 Å². The topological polar surface area (TPSA) is 87.7 Å². The van der Waals surface area contributed by atoms with Crippen LogP contribution >= 0.6 is 0 Å². The minimum absolute atomic E-state index is 0.0987. The first-order valence-corrected chi connectivity index (χ1v) is 9.20. The van der Waals surface area contributed by atoms with Crippen LogP contribution in [0.1, 0.15) is 35.8 Å². The van der Waals surface area contributed by atoms with Gasteiger partial charge in [-0.05, 0) is 31.0 Å². The Morgan fingerprint density at radius 1 is 1.18 bits per heavy atom. The number of amides is 1. The molecule has 0 saturated carbocycles. The van der Waals surface area contributed by atoms with Crippen molar-refractivity contribution >= 4 is 22.5 Å². The molecule has 0 spiro atoms. The number of phenols is 1. The monoisotopic (exact) mass is 383 g/mol. The van der Waals surface area contributed by atoms with Gasteiger partial charge in [0.05, 0.1) is 25.3 Å². The van der Waals surface area contributed by atoms with Gasteiger partial charge in [0.2, 0.25) is 0 Å². The van der Waals surface area contributed by atoms with E-state index < -0.39 is 0 Å². The summed E-state index contributed by atoms with van der Waals surface area (Å²) < 4.78 is 10.6. The van der Waals surface area contributed by atoms with Crippen molar-refractivity contribution in [1.82, 2.24) is 10.2 Å². The first kappa shape index (κ1) is 19.5. The molecule has 0 fully saturated rings. The minimum Gasteiger partial charge on any atom is -0.507 e. The lowest BCUT2D eigenvalue weighted by Gasteiger charge is -2.19. The zero-order chi connectivity index (χ0) is 20.3. The van der Waals surface area contributed by atoms with Gasteiger partial charge in [-0.3, -0.25) is 9.89 Å². The van der Waals surface area contributed by atoms with Gasteiger partial charge in [-0.15, -0.1) is 0 Å². The lowest BCUT2D eigenvalue weighted by atomic mass is 10.1. The Hall–Kier alpha value is -3.22. The number of methoxy groups -OCH3 is 2. The van der Waals surface area contributed by atoms with Gasteiger partial charge < -0.3 is 19.5 Å². The van der Waals surface area contributed by atoms with Gasteiger partial charge in [-0.2, -0.15) is 5.10 Å². The highest BCUT2D eigenvalue weighted by Gasteiger charge is 2.21. The van der Waals surface area contributed by atoms with Crippen LogP contribution < -0.4 is 14.4 Å². The van der Waals surface area contributed by atoms with Crippen LogP contribution in [0.25, 0.3) is 10.9 Å². The number of anilines is 1. The number of aryl methyl sites for hydroxylation is 1. The number of phenolic OH excluding ortho intramolecular Hbond substituents is 1. The molecule has 3 aromatic rings. The van der Waals surface area contributed by atoms with Crippen molar-refractivity contribution in [2.75, 3.05) is 26.2 Å². The predicted molar refractivity (Wildman–Crippen MR) is 109 cm³/mol. The van der Waals surface area contributed by atoms with E-state index in [4.69, 9.17) is 9.47 Å². The summed E-state index contributed by atoms with van der Waals surface area (Å²) in [5.41, 5.74) is 2.47. The maximum atomic E-state index is 13.1. The SMILES string of the molecule is CCCCc1[nH]nc2cc(O)c(C(=O)N(C)c3ccc(OC)c(OC)c3)cc12. The third-order valence-electron chi connectivity index (χ3n) is 4.82. The average Bonchev–Trinajstić information content (AvgIpc) is 3.11. The fraction of sp³-hybridized carbons (Fsp3) is 0.333. The zero-order valence-corrected chi connectivity index (χ0v) is 16.6. The number of aromatic amines is 1. The van der Waals surface area contributed by atoms with E-state index in [1.54, 1.807) is 45.5 Å². The van der Waals surface area contributed by atoms with Gasteiger partial charge in [0.25, 0.3) is 5.91 Å². The number of carbonyl (C=O) groups excluding carboxylic acids is 1. The van der Waals surface area contributed by atoms with Crippen molar-refractivity contribution in [3.63, 3.8) is 0 Å². The summed E-state index contributed by atoms with van der Waals surface area (Å²) in [5, 5.41) is 18.5. The van der Waals surface area contributed by atoms with E-state index >= 15 is 0 Å². The highest BCUT2D eigenvalue weighted by atomic mass is 16.5.